The van der Waals surface area contributed by atoms with Gasteiger partial charge < -0.3 is 9.84 Å². The number of rotatable bonds is 7. The maximum absolute atomic E-state index is 11.6. The summed E-state index contributed by atoms with van der Waals surface area (Å²) in [6, 6.07) is 17.6. The van der Waals surface area contributed by atoms with Gasteiger partial charge in [-0.25, -0.2) is 0 Å². The smallest absolute Gasteiger partial charge is 0.312 e. The van der Waals surface area contributed by atoms with Crippen molar-refractivity contribution < 1.29 is 14.6 Å². The van der Waals surface area contributed by atoms with Crippen molar-refractivity contribution in [1.29, 1.82) is 0 Å². The Morgan fingerprint density at radius 1 is 1.07 bits per heavy atom. The molecule has 2 aromatic carbocycles. The second-order valence-corrected chi connectivity index (χ2v) is 8.01. The van der Waals surface area contributed by atoms with Gasteiger partial charge in [-0.1, -0.05) is 38.1 Å². The maximum atomic E-state index is 11.6. The quantitative estimate of drug-likeness (QED) is 0.517. The van der Waals surface area contributed by atoms with Gasteiger partial charge in [-0.15, -0.1) is 11.3 Å². The normalized spacial score (nSPS) is 12.1. The third-order valence-corrected chi connectivity index (χ3v) is 5.63. The molecule has 1 unspecified atom stereocenters. The fourth-order valence-electron chi connectivity index (χ4n) is 3.22. The Balaban J connectivity index is 1.70. The van der Waals surface area contributed by atoms with Gasteiger partial charge in [0, 0.05) is 4.88 Å². The first-order valence-electron chi connectivity index (χ1n) is 9.07. The average Bonchev–Trinajstić information content (AvgIpc) is 3.14. The standard InChI is InChI=1S/C23H24O3S/c1-15(2)20-11-10-19(13-16(20)3)26-18-8-6-17(7-9-18)14-21(23(24)25)22-5-4-12-27-22/h4-13,15,21H,14H2,1-3H3,(H,24,25). The number of hydrogen-bond acceptors (Lipinski definition) is 3. The highest BCUT2D eigenvalue weighted by Crippen LogP contribution is 2.29. The molecule has 1 heterocycles. The van der Waals surface area contributed by atoms with Crippen LogP contribution in [0.4, 0.5) is 0 Å². The van der Waals surface area contributed by atoms with Gasteiger partial charge in [-0.3, -0.25) is 4.79 Å². The van der Waals surface area contributed by atoms with Crippen molar-refractivity contribution in [3.8, 4) is 11.5 Å². The highest BCUT2D eigenvalue weighted by molar-refractivity contribution is 7.10. The zero-order valence-corrected chi connectivity index (χ0v) is 16.6. The molecule has 0 saturated heterocycles. The van der Waals surface area contributed by atoms with Crippen LogP contribution in [0.25, 0.3) is 0 Å². The van der Waals surface area contributed by atoms with Crippen molar-refractivity contribution in [2.24, 2.45) is 0 Å². The summed E-state index contributed by atoms with van der Waals surface area (Å²) in [5.74, 6) is 0.746. The summed E-state index contributed by atoms with van der Waals surface area (Å²) in [5, 5.41) is 11.4. The number of hydrogen-bond donors (Lipinski definition) is 1. The SMILES string of the molecule is Cc1cc(Oc2ccc(CC(C(=O)O)c3cccs3)cc2)ccc1C(C)C. The zero-order chi connectivity index (χ0) is 19.4. The molecule has 1 atom stereocenters. The van der Waals surface area contributed by atoms with Gasteiger partial charge >= 0.3 is 5.97 Å². The molecule has 0 aliphatic heterocycles. The number of thiophene rings is 1. The molecule has 0 amide bonds. The molecule has 3 aromatic rings. The van der Waals surface area contributed by atoms with Crippen LogP contribution in [0.3, 0.4) is 0 Å². The number of carboxylic acids is 1. The van der Waals surface area contributed by atoms with Gasteiger partial charge in [0.05, 0.1) is 5.92 Å². The Labute approximate surface area is 164 Å². The second-order valence-electron chi connectivity index (χ2n) is 7.03. The van der Waals surface area contributed by atoms with E-state index in [1.807, 2.05) is 47.8 Å². The van der Waals surface area contributed by atoms with Crippen LogP contribution in [-0.4, -0.2) is 11.1 Å². The second kappa shape index (κ2) is 8.40. The molecule has 3 rings (SSSR count). The largest absolute Gasteiger partial charge is 0.481 e. The van der Waals surface area contributed by atoms with Crippen LogP contribution in [0.15, 0.2) is 60.0 Å². The topological polar surface area (TPSA) is 46.5 Å². The molecule has 27 heavy (non-hydrogen) atoms. The zero-order valence-electron chi connectivity index (χ0n) is 15.8. The number of benzene rings is 2. The van der Waals surface area contributed by atoms with Gasteiger partial charge in [0.2, 0.25) is 0 Å². The lowest BCUT2D eigenvalue weighted by molar-refractivity contribution is -0.138. The van der Waals surface area contributed by atoms with E-state index in [0.717, 1.165) is 21.9 Å². The maximum Gasteiger partial charge on any atom is 0.312 e. The molecular weight excluding hydrogens is 356 g/mol. The lowest BCUT2D eigenvalue weighted by atomic mass is 9.97. The predicted octanol–water partition coefficient (Wildman–Crippen LogP) is 6.38. The van der Waals surface area contributed by atoms with Crippen LogP contribution < -0.4 is 4.74 Å². The van der Waals surface area contributed by atoms with Crippen molar-refractivity contribution >= 4 is 17.3 Å². The Hall–Kier alpha value is -2.59. The molecule has 0 radical (unpaired) electrons. The minimum atomic E-state index is -0.793. The van der Waals surface area contributed by atoms with Crippen LogP contribution in [-0.2, 0) is 11.2 Å². The summed E-state index contributed by atoms with van der Waals surface area (Å²) in [7, 11) is 0. The van der Waals surface area contributed by atoms with Crippen molar-refractivity contribution in [3.63, 3.8) is 0 Å². The minimum absolute atomic E-state index is 0.471. The molecule has 0 saturated carbocycles. The van der Waals surface area contributed by atoms with E-state index in [9.17, 15) is 9.90 Å². The van der Waals surface area contributed by atoms with E-state index in [1.54, 1.807) is 0 Å². The molecular formula is C23H24O3S. The van der Waals surface area contributed by atoms with E-state index in [4.69, 9.17) is 4.74 Å². The van der Waals surface area contributed by atoms with Gasteiger partial charge in [-0.2, -0.15) is 0 Å². The van der Waals surface area contributed by atoms with Gasteiger partial charge in [0.25, 0.3) is 0 Å². The van der Waals surface area contributed by atoms with E-state index < -0.39 is 11.9 Å². The first-order chi connectivity index (χ1) is 12.9. The monoisotopic (exact) mass is 380 g/mol. The highest BCUT2D eigenvalue weighted by Gasteiger charge is 2.21. The van der Waals surface area contributed by atoms with Crippen LogP contribution >= 0.6 is 11.3 Å². The lowest BCUT2D eigenvalue weighted by Crippen LogP contribution is -2.13. The van der Waals surface area contributed by atoms with Crippen LogP contribution in [0.5, 0.6) is 11.5 Å². The Bertz CT molecular complexity index is 896. The summed E-state index contributed by atoms with van der Waals surface area (Å²) in [6.45, 7) is 6.46. The summed E-state index contributed by atoms with van der Waals surface area (Å²) in [6.07, 6.45) is 0.471. The van der Waals surface area contributed by atoms with Crippen LogP contribution in [0.1, 0.15) is 47.3 Å². The number of carbonyl (C=O) groups is 1. The summed E-state index contributed by atoms with van der Waals surface area (Å²) >= 11 is 1.48. The lowest BCUT2D eigenvalue weighted by Gasteiger charge is -2.13. The minimum Gasteiger partial charge on any atom is -0.481 e. The first kappa shape index (κ1) is 19.2. The van der Waals surface area contributed by atoms with E-state index in [-0.39, 0.29) is 0 Å². The molecule has 0 spiro atoms. The molecule has 0 aliphatic carbocycles. The molecule has 1 aromatic heterocycles. The van der Waals surface area contributed by atoms with E-state index in [0.29, 0.717) is 12.3 Å². The molecule has 1 N–H and O–H groups in total. The Morgan fingerprint density at radius 2 is 1.78 bits per heavy atom. The summed E-state index contributed by atoms with van der Waals surface area (Å²) < 4.78 is 5.96. The van der Waals surface area contributed by atoms with Gasteiger partial charge in [0.1, 0.15) is 11.5 Å². The van der Waals surface area contributed by atoms with Crippen molar-refractivity contribution in [1.82, 2.24) is 0 Å². The van der Waals surface area contributed by atoms with Gasteiger partial charge in [-0.05, 0) is 71.7 Å². The molecule has 140 valence electrons. The fraction of sp³-hybridized carbons (Fsp3) is 0.261. The molecule has 4 heteroatoms. The number of ether oxygens (including phenoxy) is 1. The van der Waals surface area contributed by atoms with Crippen molar-refractivity contribution in [3.05, 3.63) is 81.5 Å². The van der Waals surface area contributed by atoms with E-state index in [1.165, 1.54) is 22.5 Å². The first-order valence-corrected chi connectivity index (χ1v) is 9.95. The summed E-state index contributed by atoms with van der Waals surface area (Å²) in [5.41, 5.74) is 3.53. The third-order valence-electron chi connectivity index (χ3n) is 4.65. The number of aliphatic carboxylic acids is 1. The highest BCUT2D eigenvalue weighted by atomic mass is 32.1. The van der Waals surface area contributed by atoms with E-state index >= 15 is 0 Å². The molecule has 0 fully saturated rings. The number of carboxylic acid groups (broad SMARTS) is 1. The molecule has 3 nitrogen and oxygen atoms in total. The van der Waals surface area contributed by atoms with Crippen molar-refractivity contribution in [2.75, 3.05) is 0 Å². The Morgan fingerprint density at radius 3 is 2.33 bits per heavy atom. The third kappa shape index (κ3) is 4.77. The average molecular weight is 381 g/mol. The number of aryl methyl sites for hydroxylation is 1. The molecule has 0 bridgehead atoms. The fourth-order valence-corrected chi connectivity index (χ4v) is 4.04. The van der Waals surface area contributed by atoms with E-state index in [2.05, 4.69) is 32.9 Å². The van der Waals surface area contributed by atoms with Crippen molar-refractivity contribution in [2.45, 2.75) is 39.0 Å². The van der Waals surface area contributed by atoms with Gasteiger partial charge in [0.15, 0.2) is 0 Å². The Kier molecular flexibility index (Phi) is 5.97. The van der Waals surface area contributed by atoms with Crippen LogP contribution in [0.2, 0.25) is 0 Å². The van der Waals surface area contributed by atoms with Crippen LogP contribution in [0, 0.1) is 6.92 Å². The predicted molar refractivity (Wildman–Crippen MR) is 110 cm³/mol. The molecule has 0 aliphatic rings. The summed E-state index contributed by atoms with van der Waals surface area (Å²) in [4.78, 5) is 12.5.